The number of piperazine rings is 1. The van der Waals surface area contributed by atoms with E-state index < -0.39 is 11.7 Å². The Balaban J connectivity index is 1.36. The second kappa shape index (κ2) is 10.5. The number of carbonyl (C=O) groups is 1. The molecule has 5 nitrogen and oxygen atoms in total. The van der Waals surface area contributed by atoms with Gasteiger partial charge in [0.05, 0.1) is 21.2 Å². The first-order chi connectivity index (χ1) is 16.9. The van der Waals surface area contributed by atoms with Crippen LogP contribution in [0.3, 0.4) is 0 Å². The molecule has 1 amide bonds. The SMILES string of the molecule is CC1CN(C2(C)CCN(C(=O)c3c(Cl)cncc3Cl)CC2)CCN1C(C)c1ccc(C(F)(F)F)cc1. The summed E-state index contributed by atoms with van der Waals surface area (Å²) in [7, 11) is 0. The van der Waals surface area contributed by atoms with E-state index in [2.05, 4.69) is 35.6 Å². The van der Waals surface area contributed by atoms with Crippen LogP contribution in [-0.4, -0.2) is 69.9 Å². The minimum absolute atomic E-state index is 0.0200. The number of carbonyl (C=O) groups excluding carboxylic acids is 1. The van der Waals surface area contributed by atoms with Crippen LogP contribution in [0.4, 0.5) is 13.2 Å². The molecule has 2 aliphatic rings. The average molecular weight is 543 g/mol. The Morgan fingerprint density at radius 1 is 1.06 bits per heavy atom. The van der Waals surface area contributed by atoms with E-state index in [9.17, 15) is 18.0 Å². The number of rotatable bonds is 4. The summed E-state index contributed by atoms with van der Waals surface area (Å²) in [5.74, 6) is -0.169. The summed E-state index contributed by atoms with van der Waals surface area (Å²) in [6, 6.07) is 5.75. The highest BCUT2D eigenvalue weighted by molar-refractivity contribution is 6.39. The second-order valence-electron chi connectivity index (χ2n) is 10.1. The largest absolute Gasteiger partial charge is 0.416 e. The van der Waals surface area contributed by atoms with Crippen LogP contribution < -0.4 is 0 Å². The van der Waals surface area contributed by atoms with Gasteiger partial charge in [-0.1, -0.05) is 35.3 Å². The standard InChI is InChI=1S/C26H31Cl2F3N4O/c1-17-16-34(12-13-35(17)18(2)19-4-6-20(7-5-19)26(29,30)31)25(3)8-10-33(11-9-25)24(36)23-21(27)14-32-15-22(23)28/h4-7,14-15,17-18H,8-13,16H2,1-3H3. The Labute approximate surface area is 220 Å². The van der Waals surface area contributed by atoms with E-state index in [0.29, 0.717) is 18.7 Å². The van der Waals surface area contributed by atoms with Gasteiger partial charge in [0.1, 0.15) is 0 Å². The summed E-state index contributed by atoms with van der Waals surface area (Å²) in [6.45, 7) is 10.2. The smallest absolute Gasteiger partial charge is 0.338 e. The first kappa shape index (κ1) is 27.2. The number of piperidine rings is 1. The Kier molecular flexibility index (Phi) is 7.91. The number of amides is 1. The van der Waals surface area contributed by atoms with Gasteiger partial charge in [0.15, 0.2) is 0 Å². The van der Waals surface area contributed by atoms with Crippen LogP contribution in [0.2, 0.25) is 10.0 Å². The van der Waals surface area contributed by atoms with Gasteiger partial charge in [-0.25, -0.2) is 0 Å². The zero-order valence-corrected chi connectivity index (χ0v) is 22.2. The molecular formula is C26H31Cl2F3N4O. The third-order valence-electron chi connectivity index (χ3n) is 7.86. The van der Waals surface area contributed by atoms with Gasteiger partial charge in [0, 0.05) is 62.7 Å². The van der Waals surface area contributed by atoms with Crippen molar-refractivity contribution < 1.29 is 18.0 Å². The van der Waals surface area contributed by atoms with E-state index >= 15 is 0 Å². The van der Waals surface area contributed by atoms with Gasteiger partial charge >= 0.3 is 6.18 Å². The van der Waals surface area contributed by atoms with E-state index in [1.807, 2.05) is 0 Å². The number of aromatic nitrogens is 1. The minimum Gasteiger partial charge on any atom is -0.338 e. The number of alkyl halides is 3. The number of likely N-dealkylation sites (tertiary alicyclic amines) is 1. The van der Waals surface area contributed by atoms with Gasteiger partial charge in [-0.3, -0.25) is 19.6 Å². The second-order valence-corrected chi connectivity index (χ2v) is 10.9. The van der Waals surface area contributed by atoms with Crippen LogP contribution in [-0.2, 0) is 6.18 Å². The van der Waals surface area contributed by atoms with Crippen molar-refractivity contribution in [3.8, 4) is 0 Å². The summed E-state index contributed by atoms with van der Waals surface area (Å²) >= 11 is 12.4. The molecule has 0 saturated carbocycles. The van der Waals surface area contributed by atoms with Crippen molar-refractivity contribution >= 4 is 29.1 Å². The molecule has 2 fully saturated rings. The molecule has 2 unspecified atom stereocenters. The fourth-order valence-electron chi connectivity index (χ4n) is 5.46. The molecule has 196 valence electrons. The van der Waals surface area contributed by atoms with E-state index in [0.717, 1.165) is 50.2 Å². The third-order valence-corrected chi connectivity index (χ3v) is 8.43. The van der Waals surface area contributed by atoms with Crippen molar-refractivity contribution in [1.29, 1.82) is 0 Å². The summed E-state index contributed by atoms with van der Waals surface area (Å²) in [4.78, 5) is 23.6. The number of benzene rings is 1. The lowest BCUT2D eigenvalue weighted by atomic mass is 9.86. The van der Waals surface area contributed by atoms with Crippen molar-refractivity contribution in [3.63, 3.8) is 0 Å². The van der Waals surface area contributed by atoms with Gasteiger partial charge in [-0.05, 0) is 51.3 Å². The van der Waals surface area contributed by atoms with Crippen LogP contribution in [0.25, 0.3) is 0 Å². The van der Waals surface area contributed by atoms with Gasteiger partial charge < -0.3 is 4.90 Å². The molecule has 0 bridgehead atoms. The lowest BCUT2D eigenvalue weighted by molar-refractivity contribution is -0.137. The topological polar surface area (TPSA) is 39.7 Å². The Morgan fingerprint density at radius 3 is 2.17 bits per heavy atom. The molecule has 0 spiro atoms. The fourth-order valence-corrected chi connectivity index (χ4v) is 5.99. The number of nitrogens with zero attached hydrogens (tertiary/aromatic N) is 4. The summed E-state index contributed by atoms with van der Waals surface area (Å²) in [5.41, 5.74) is 0.523. The van der Waals surface area contributed by atoms with Crippen molar-refractivity contribution in [3.05, 3.63) is 63.4 Å². The quantitative estimate of drug-likeness (QED) is 0.463. The molecule has 36 heavy (non-hydrogen) atoms. The highest BCUT2D eigenvalue weighted by Gasteiger charge is 2.41. The summed E-state index contributed by atoms with van der Waals surface area (Å²) < 4.78 is 38.8. The lowest BCUT2D eigenvalue weighted by Gasteiger charge is -2.52. The molecule has 2 aliphatic heterocycles. The molecule has 2 aromatic rings. The number of hydrogen-bond acceptors (Lipinski definition) is 4. The van der Waals surface area contributed by atoms with Crippen LogP contribution in [0.5, 0.6) is 0 Å². The van der Waals surface area contributed by atoms with Crippen molar-refractivity contribution in [2.24, 2.45) is 0 Å². The van der Waals surface area contributed by atoms with Gasteiger partial charge in [0.25, 0.3) is 5.91 Å². The van der Waals surface area contributed by atoms with Crippen molar-refractivity contribution in [2.75, 3.05) is 32.7 Å². The predicted octanol–water partition coefficient (Wildman–Crippen LogP) is 6.17. The Bertz CT molecular complexity index is 1070. The molecule has 0 N–H and O–H groups in total. The van der Waals surface area contributed by atoms with Crippen LogP contribution in [0.15, 0.2) is 36.7 Å². The zero-order valence-electron chi connectivity index (χ0n) is 20.7. The molecule has 3 heterocycles. The van der Waals surface area contributed by atoms with Crippen LogP contribution in [0.1, 0.15) is 61.1 Å². The van der Waals surface area contributed by atoms with E-state index in [4.69, 9.17) is 23.2 Å². The third kappa shape index (κ3) is 5.52. The predicted molar refractivity (Wildman–Crippen MR) is 135 cm³/mol. The summed E-state index contributed by atoms with van der Waals surface area (Å²) in [6.07, 6.45) is 0.205. The molecule has 0 aliphatic carbocycles. The monoisotopic (exact) mass is 542 g/mol. The van der Waals surface area contributed by atoms with Gasteiger partial charge in [-0.15, -0.1) is 0 Å². The minimum atomic E-state index is -4.33. The highest BCUT2D eigenvalue weighted by atomic mass is 35.5. The molecule has 0 radical (unpaired) electrons. The molecule has 10 heteroatoms. The maximum Gasteiger partial charge on any atom is 0.416 e. The van der Waals surface area contributed by atoms with Gasteiger partial charge in [0.2, 0.25) is 0 Å². The summed E-state index contributed by atoms with van der Waals surface area (Å²) in [5, 5.41) is 0.515. The van der Waals surface area contributed by atoms with E-state index in [1.165, 1.54) is 12.4 Å². The fraction of sp³-hybridized carbons (Fsp3) is 0.538. The van der Waals surface area contributed by atoms with Crippen molar-refractivity contribution in [2.45, 2.75) is 57.4 Å². The number of halogens is 5. The van der Waals surface area contributed by atoms with E-state index in [1.54, 1.807) is 17.0 Å². The molecule has 1 aromatic heterocycles. The molecule has 4 rings (SSSR count). The number of pyridine rings is 1. The van der Waals surface area contributed by atoms with Gasteiger partial charge in [-0.2, -0.15) is 13.2 Å². The number of hydrogen-bond donors (Lipinski definition) is 0. The molecular weight excluding hydrogens is 512 g/mol. The molecule has 1 aromatic carbocycles. The van der Waals surface area contributed by atoms with Crippen molar-refractivity contribution in [1.82, 2.24) is 19.7 Å². The first-order valence-corrected chi connectivity index (χ1v) is 12.9. The maximum absolute atomic E-state index is 13.1. The molecule has 2 saturated heterocycles. The van der Waals surface area contributed by atoms with Crippen LogP contribution in [0, 0.1) is 0 Å². The normalized spacial score (nSPS) is 22.4. The molecule has 2 atom stereocenters. The Hall–Kier alpha value is -1.87. The first-order valence-electron chi connectivity index (χ1n) is 12.2. The van der Waals surface area contributed by atoms with Crippen LogP contribution >= 0.6 is 23.2 Å². The average Bonchev–Trinajstić information content (AvgIpc) is 2.83. The zero-order chi connectivity index (χ0) is 26.3. The maximum atomic E-state index is 13.1. The highest BCUT2D eigenvalue weighted by Crippen LogP contribution is 2.35. The lowest BCUT2D eigenvalue weighted by Crippen LogP contribution is -2.62. The van der Waals surface area contributed by atoms with E-state index in [-0.39, 0.29) is 33.6 Å². The Morgan fingerprint density at radius 2 is 1.64 bits per heavy atom.